The van der Waals surface area contributed by atoms with Crippen LogP contribution in [0.15, 0.2) is 42.5 Å². The summed E-state index contributed by atoms with van der Waals surface area (Å²) in [6.45, 7) is 11.9. The van der Waals surface area contributed by atoms with Crippen molar-refractivity contribution in [3.8, 4) is 0 Å². The lowest BCUT2D eigenvalue weighted by atomic mass is 9.62. The summed E-state index contributed by atoms with van der Waals surface area (Å²) in [6.07, 6.45) is 1.64. The number of fused-ring (bicyclic) bond motifs is 2. The molecule has 1 aliphatic heterocycles. The third-order valence-corrected chi connectivity index (χ3v) is 8.26. The largest absolute Gasteiger partial charge is 0.324 e. The van der Waals surface area contributed by atoms with Gasteiger partial charge < -0.3 is 5.32 Å². The number of anilines is 1. The van der Waals surface area contributed by atoms with Gasteiger partial charge in [0.15, 0.2) is 0 Å². The van der Waals surface area contributed by atoms with Gasteiger partial charge >= 0.3 is 0 Å². The van der Waals surface area contributed by atoms with Gasteiger partial charge in [-0.25, -0.2) is 0 Å². The Balaban J connectivity index is 1.74. The predicted octanol–water partition coefficient (Wildman–Crippen LogP) is 4.97. The van der Waals surface area contributed by atoms with Crippen LogP contribution >= 0.6 is 0 Å². The van der Waals surface area contributed by atoms with Crippen LogP contribution < -0.4 is 5.32 Å². The van der Waals surface area contributed by atoms with Crippen LogP contribution in [0.2, 0.25) is 0 Å². The van der Waals surface area contributed by atoms with Gasteiger partial charge in [0.2, 0.25) is 17.7 Å². The minimum Gasteiger partial charge on any atom is -0.324 e. The number of benzene rings is 2. The second kappa shape index (κ2) is 8.12. The monoisotopic (exact) mass is 446 g/mol. The van der Waals surface area contributed by atoms with Crippen LogP contribution in [0.5, 0.6) is 0 Å². The molecule has 5 heteroatoms. The van der Waals surface area contributed by atoms with E-state index in [0.29, 0.717) is 12.8 Å². The van der Waals surface area contributed by atoms with Crippen LogP contribution in [0.1, 0.15) is 55.9 Å². The van der Waals surface area contributed by atoms with Gasteiger partial charge in [0.25, 0.3) is 0 Å². The summed E-state index contributed by atoms with van der Waals surface area (Å²) in [5.41, 5.74) is 3.63. The van der Waals surface area contributed by atoms with Crippen molar-refractivity contribution >= 4 is 23.4 Å². The molecule has 4 rings (SSSR count). The molecule has 1 aliphatic carbocycles. The average Bonchev–Trinajstić information content (AvgIpc) is 2.93. The highest BCUT2D eigenvalue weighted by Crippen LogP contribution is 2.60. The number of carbonyl (C=O) groups is 3. The molecule has 1 saturated heterocycles. The minimum atomic E-state index is -0.900. The van der Waals surface area contributed by atoms with Gasteiger partial charge in [0, 0.05) is 18.0 Å². The summed E-state index contributed by atoms with van der Waals surface area (Å²) >= 11 is 0. The summed E-state index contributed by atoms with van der Waals surface area (Å²) in [4.78, 5) is 42.5. The second-order valence-corrected chi connectivity index (χ2v) is 10.6. The molecule has 2 fully saturated rings. The zero-order chi connectivity index (χ0) is 24.1. The minimum absolute atomic E-state index is 0.214. The molecule has 0 aromatic heterocycles. The van der Waals surface area contributed by atoms with E-state index in [2.05, 4.69) is 5.32 Å². The lowest BCUT2D eigenvalue weighted by Gasteiger charge is -2.49. The molecule has 1 saturated carbocycles. The predicted molar refractivity (Wildman–Crippen MR) is 130 cm³/mol. The molecule has 3 atom stereocenters. The van der Waals surface area contributed by atoms with E-state index in [0.717, 1.165) is 27.9 Å². The average molecular weight is 447 g/mol. The number of carbonyl (C=O) groups excluding carboxylic acids is 3. The molecule has 0 radical (unpaired) electrons. The van der Waals surface area contributed by atoms with Crippen LogP contribution in [0.3, 0.4) is 0 Å². The highest BCUT2D eigenvalue weighted by atomic mass is 16.2. The molecule has 174 valence electrons. The van der Waals surface area contributed by atoms with Crippen molar-refractivity contribution in [2.75, 3.05) is 5.32 Å². The third kappa shape index (κ3) is 3.68. The summed E-state index contributed by atoms with van der Waals surface area (Å²) < 4.78 is 0. The SMILES string of the molecule is Cc1cc(C)c(NC(=O)C(Cc2ccccc2)N2C(=O)C3CCC(C)(C2=O)C3(C)C)c(C)c1. The molecule has 5 nitrogen and oxygen atoms in total. The summed E-state index contributed by atoms with van der Waals surface area (Å²) in [6, 6.07) is 12.7. The third-order valence-electron chi connectivity index (χ3n) is 8.26. The van der Waals surface area contributed by atoms with E-state index in [9.17, 15) is 14.4 Å². The first-order valence-electron chi connectivity index (χ1n) is 11.8. The Morgan fingerprint density at radius 2 is 1.67 bits per heavy atom. The van der Waals surface area contributed by atoms with Crippen molar-refractivity contribution in [1.82, 2.24) is 4.90 Å². The first-order valence-corrected chi connectivity index (χ1v) is 11.8. The summed E-state index contributed by atoms with van der Waals surface area (Å²) in [7, 11) is 0. The first-order chi connectivity index (χ1) is 15.5. The van der Waals surface area contributed by atoms with Crippen LogP contribution in [0.4, 0.5) is 5.69 Å². The zero-order valence-corrected chi connectivity index (χ0v) is 20.5. The van der Waals surface area contributed by atoms with Gasteiger partial charge in [-0.3, -0.25) is 19.3 Å². The van der Waals surface area contributed by atoms with Crippen molar-refractivity contribution in [1.29, 1.82) is 0 Å². The van der Waals surface area contributed by atoms with Crippen LogP contribution in [-0.4, -0.2) is 28.7 Å². The second-order valence-electron chi connectivity index (χ2n) is 10.6. The smallest absolute Gasteiger partial charge is 0.248 e. The van der Waals surface area contributed by atoms with E-state index >= 15 is 0 Å². The van der Waals surface area contributed by atoms with Gasteiger partial charge in [0.05, 0.1) is 5.41 Å². The standard InChI is InChI=1S/C28H34N2O3/c1-17-14-18(2)23(19(3)15-17)29-24(31)22(16-20-10-8-7-9-11-20)30-25(32)21-12-13-28(6,26(30)33)27(21,4)5/h7-11,14-15,21-22H,12-13,16H2,1-6H3,(H,29,31). The Kier molecular flexibility index (Phi) is 5.71. The summed E-state index contributed by atoms with van der Waals surface area (Å²) in [5.74, 6) is -1.01. The van der Waals surface area contributed by atoms with Crippen LogP contribution in [0.25, 0.3) is 0 Å². The highest BCUT2D eigenvalue weighted by molar-refractivity contribution is 6.09. The lowest BCUT2D eigenvalue weighted by Crippen LogP contribution is -2.64. The highest BCUT2D eigenvalue weighted by Gasteiger charge is 2.65. The van der Waals surface area contributed by atoms with Crippen molar-refractivity contribution in [2.24, 2.45) is 16.7 Å². The molecule has 3 amide bonds. The van der Waals surface area contributed by atoms with E-state index in [-0.39, 0.29) is 30.1 Å². The number of likely N-dealkylation sites (tertiary alicyclic amines) is 1. The molecule has 3 unspecified atom stereocenters. The van der Waals surface area contributed by atoms with Crippen molar-refractivity contribution < 1.29 is 14.4 Å². The van der Waals surface area contributed by atoms with Gasteiger partial charge in [-0.05, 0) is 55.7 Å². The molecule has 33 heavy (non-hydrogen) atoms. The number of nitrogens with one attached hydrogen (secondary N) is 1. The number of aryl methyl sites for hydroxylation is 3. The van der Waals surface area contributed by atoms with E-state index in [1.165, 1.54) is 4.90 Å². The molecule has 1 heterocycles. The Morgan fingerprint density at radius 1 is 1.06 bits per heavy atom. The maximum Gasteiger partial charge on any atom is 0.248 e. The Morgan fingerprint density at radius 3 is 2.27 bits per heavy atom. The number of imide groups is 1. The number of rotatable bonds is 5. The van der Waals surface area contributed by atoms with Crippen molar-refractivity contribution in [3.05, 3.63) is 64.7 Å². The number of hydrogen-bond donors (Lipinski definition) is 1. The number of amides is 3. The summed E-state index contributed by atoms with van der Waals surface area (Å²) in [5, 5.41) is 3.06. The van der Waals surface area contributed by atoms with Crippen molar-refractivity contribution in [2.45, 2.75) is 66.8 Å². The Hall–Kier alpha value is -2.95. The molecular weight excluding hydrogens is 412 g/mol. The van der Waals surface area contributed by atoms with E-state index in [1.54, 1.807) is 0 Å². The van der Waals surface area contributed by atoms with Gasteiger partial charge in [-0.15, -0.1) is 0 Å². The zero-order valence-electron chi connectivity index (χ0n) is 20.5. The number of hydrogen-bond acceptors (Lipinski definition) is 3. The van der Waals surface area contributed by atoms with Crippen LogP contribution in [0, 0.1) is 37.5 Å². The fourth-order valence-corrected chi connectivity index (χ4v) is 5.87. The quantitative estimate of drug-likeness (QED) is 0.659. The van der Waals surface area contributed by atoms with E-state index in [1.807, 2.05) is 84.0 Å². The number of piperidine rings is 1. The molecule has 2 aromatic carbocycles. The normalized spacial score (nSPS) is 24.7. The van der Waals surface area contributed by atoms with E-state index in [4.69, 9.17) is 0 Å². The Labute approximate surface area is 196 Å². The van der Waals surface area contributed by atoms with Crippen molar-refractivity contribution in [3.63, 3.8) is 0 Å². The molecule has 2 bridgehead atoms. The molecule has 2 aliphatic rings. The van der Waals surface area contributed by atoms with E-state index < -0.39 is 16.9 Å². The lowest BCUT2D eigenvalue weighted by molar-refractivity contribution is -0.172. The first kappa shape index (κ1) is 23.2. The van der Waals surface area contributed by atoms with Gasteiger partial charge in [-0.1, -0.05) is 68.8 Å². The number of nitrogens with zero attached hydrogens (tertiary/aromatic N) is 1. The maximum absolute atomic E-state index is 13.8. The molecular formula is C28H34N2O3. The maximum atomic E-state index is 13.8. The molecule has 0 spiro atoms. The molecule has 1 N–H and O–H groups in total. The fourth-order valence-electron chi connectivity index (χ4n) is 5.87. The van der Waals surface area contributed by atoms with Crippen LogP contribution in [-0.2, 0) is 20.8 Å². The topological polar surface area (TPSA) is 66.5 Å². The van der Waals surface area contributed by atoms with Gasteiger partial charge in [0.1, 0.15) is 6.04 Å². The Bertz CT molecular complexity index is 1100. The fraction of sp³-hybridized carbons (Fsp3) is 0.464. The molecule has 2 aromatic rings. The van der Waals surface area contributed by atoms with Gasteiger partial charge in [-0.2, -0.15) is 0 Å².